The first kappa shape index (κ1) is 20.1. The Morgan fingerprint density at radius 3 is 2.38 bits per heavy atom. The van der Waals surface area contributed by atoms with Gasteiger partial charge in [-0.1, -0.05) is 12.1 Å². The van der Waals surface area contributed by atoms with Crippen molar-refractivity contribution in [3.63, 3.8) is 0 Å². The van der Waals surface area contributed by atoms with Crippen molar-refractivity contribution in [3.8, 4) is 23.1 Å². The number of halogens is 1. The smallest absolute Gasteiger partial charge is 0.219 e. The van der Waals surface area contributed by atoms with E-state index in [1.54, 1.807) is 20.4 Å². The van der Waals surface area contributed by atoms with Crippen molar-refractivity contribution in [1.29, 1.82) is 0 Å². The number of hydrogen-bond donors (Lipinski definition) is 1. The van der Waals surface area contributed by atoms with Gasteiger partial charge in [0.2, 0.25) is 11.6 Å². The van der Waals surface area contributed by atoms with Crippen molar-refractivity contribution in [2.45, 2.75) is 6.54 Å². The molecule has 0 aliphatic carbocycles. The Hall–Kier alpha value is -2.23. The molecule has 0 bridgehead atoms. The topological polar surface area (TPSA) is 68.2 Å². The van der Waals surface area contributed by atoms with E-state index in [0.717, 1.165) is 24.6 Å². The van der Waals surface area contributed by atoms with Crippen LogP contribution in [0.4, 0.5) is 0 Å². The number of nitrogens with zero attached hydrogens (tertiary/aromatic N) is 3. The third-order valence-electron chi connectivity index (χ3n) is 3.90. The SMILES string of the molecule is COc1cccc(OC)c1Oc1ccc(CNC2=NCCN2C)cn1.I. The van der Waals surface area contributed by atoms with Gasteiger partial charge in [-0.2, -0.15) is 0 Å². The first-order chi connectivity index (χ1) is 12.2. The van der Waals surface area contributed by atoms with Crippen LogP contribution in [0.3, 0.4) is 0 Å². The number of methoxy groups -OCH3 is 2. The van der Waals surface area contributed by atoms with Crippen molar-refractivity contribution < 1.29 is 14.2 Å². The molecule has 0 atom stereocenters. The lowest BCUT2D eigenvalue weighted by Gasteiger charge is -2.15. The van der Waals surface area contributed by atoms with Crippen molar-refractivity contribution in [2.75, 3.05) is 34.4 Å². The molecular formula is C18H23IN4O3. The van der Waals surface area contributed by atoms with E-state index >= 15 is 0 Å². The van der Waals surface area contributed by atoms with Crippen LogP contribution in [-0.2, 0) is 6.54 Å². The van der Waals surface area contributed by atoms with E-state index in [9.17, 15) is 0 Å². The second-order valence-electron chi connectivity index (χ2n) is 5.58. The Morgan fingerprint density at radius 1 is 1.12 bits per heavy atom. The van der Waals surface area contributed by atoms with Crippen LogP contribution in [0.1, 0.15) is 5.56 Å². The molecule has 1 aromatic heterocycles. The fraction of sp³-hybridized carbons (Fsp3) is 0.333. The Morgan fingerprint density at radius 2 is 1.85 bits per heavy atom. The second kappa shape index (κ2) is 9.46. The highest BCUT2D eigenvalue weighted by Crippen LogP contribution is 2.39. The second-order valence-corrected chi connectivity index (χ2v) is 5.58. The maximum atomic E-state index is 5.86. The molecule has 7 nitrogen and oxygen atoms in total. The maximum absolute atomic E-state index is 5.86. The summed E-state index contributed by atoms with van der Waals surface area (Å²) < 4.78 is 16.5. The number of ether oxygens (including phenoxy) is 3. The van der Waals surface area contributed by atoms with E-state index in [-0.39, 0.29) is 24.0 Å². The number of pyridine rings is 1. The quantitative estimate of drug-likeness (QED) is 0.656. The average molecular weight is 470 g/mol. The van der Waals surface area contributed by atoms with Crippen LogP contribution in [0.2, 0.25) is 0 Å². The van der Waals surface area contributed by atoms with Crippen LogP contribution in [-0.4, -0.2) is 50.2 Å². The molecule has 0 saturated heterocycles. The predicted octanol–water partition coefficient (Wildman–Crippen LogP) is 2.90. The number of hydrogen-bond acceptors (Lipinski definition) is 7. The molecule has 0 saturated carbocycles. The molecule has 2 aromatic rings. The van der Waals surface area contributed by atoms with Gasteiger partial charge < -0.3 is 24.4 Å². The summed E-state index contributed by atoms with van der Waals surface area (Å²) in [4.78, 5) is 10.9. The first-order valence-electron chi connectivity index (χ1n) is 8.04. The minimum absolute atomic E-state index is 0. The molecule has 1 N–H and O–H groups in total. The molecule has 2 heterocycles. The van der Waals surface area contributed by atoms with Crippen LogP contribution in [0.25, 0.3) is 0 Å². The zero-order valence-electron chi connectivity index (χ0n) is 15.1. The van der Waals surface area contributed by atoms with Crippen LogP contribution in [0.15, 0.2) is 41.5 Å². The van der Waals surface area contributed by atoms with E-state index in [1.165, 1.54) is 0 Å². The molecule has 0 amide bonds. The van der Waals surface area contributed by atoms with Crippen LogP contribution in [0, 0.1) is 0 Å². The number of aromatic nitrogens is 1. The van der Waals surface area contributed by atoms with Gasteiger partial charge in [0.1, 0.15) is 0 Å². The van der Waals surface area contributed by atoms with Crippen LogP contribution >= 0.6 is 24.0 Å². The maximum Gasteiger partial charge on any atom is 0.219 e. The molecular weight excluding hydrogens is 447 g/mol. The molecule has 8 heteroatoms. The Bertz CT molecular complexity index is 730. The minimum atomic E-state index is 0. The number of rotatable bonds is 6. The summed E-state index contributed by atoms with van der Waals surface area (Å²) in [7, 11) is 5.20. The molecule has 26 heavy (non-hydrogen) atoms. The molecule has 0 spiro atoms. The lowest BCUT2D eigenvalue weighted by molar-refractivity contribution is 0.342. The van der Waals surface area contributed by atoms with Crippen LogP contribution < -0.4 is 19.5 Å². The third-order valence-corrected chi connectivity index (χ3v) is 3.90. The molecule has 1 aliphatic heterocycles. The van der Waals surface area contributed by atoms with Gasteiger partial charge >= 0.3 is 0 Å². The summed E-state index contributed by atoms with van der Waals surface area (Å²) in [6.45, 7) is 2.45. The van der Waals surface area contributed by atoms with Gasteiger partial charge in [0.15, 0.2) is 17.5 Å². The Labute approximate surface area is 170 Å². The number of para-hydroxylation sites is 1. The largest absolute Gasteiger partial charge is 0.493 e. The molecule has 0 fully saturated rings. The highest BCUT2D eigenvalue weighted by atomic mass is 127. The normalized spacial score (nSPS) is 12.9. The Balaban J connectivity index is 0.00000243. The fourth-order valence-corrected chi connectivity index (χ4v) is 2.50. The first-order valence-corrected chi connectivity index (χ1v) is 8.04. The number of guanidine groups is 1. The van der Waals surface area contributed by atoms with Gasteiger partial charge in [-0.25, -0.2) is 4.98 Å². The molecule has 1 aliphatic rings. The van der Waals surface area contributed by atoms with E-state index in [2.05, 4.69) is 20.2 Å². The number of aliphatic imine (C=N–C) groups is 1. The molecule has 0 unspecified atom stereocenters. The summed E-state index contributed by atoms with van der Waals surface area (Å²) in [6.07, 6.45) is 1.78. The van der Waals surface area contributed by atoms with Gasteiger partial charge in [-0.15, -0.1) is 24.0 Å². The van der Waals surface area contributed by atoms with E-state index in [4.69, 9.17) is 14.2 Å². The van der Waals surface area contributed by atoms with Crippen molar-refractivity contribution in [1.82, 2.24) is 15.2 Å². The van der Waals surface area contributed by atoms with E-state index in [0.29, 0.717) is 29.7 Å². The zero-order valence-corrected chi connectivity index (χ0v) is 17.4. The number of benzene rings is 1. The van der Waals surface area contributed by atoms with Gasteiger partial charge in [-0.05, 0) is 17.7 Å². The summed E-state index contributed by atoms with van der Waals surface area (Å²) in [6, 6.07) is 9.26. The molecule has 140 valence electrons. The monoisotopic (exact) mass is 470 g/mol. The Kier molecular flexibility index (Phi) is 7.31. The van der Waals surface area contributed by atoms with Crippen molar-refractivity contribution >= 4 is 29.9 Å². The minimum Gasteiger partial charge on any atom is -0.493 e. The standard InChI is InChI=1S/C18H22N4O3.HI/c1-22-10-9-19-18(22)21-12-13-7-8-16(20-11-13)25-17-14(23-2)5-4-6-15(17)24-3;/h4-8,11H,9-10,12H2,1-3H3,(H,19,21);1H. The third kappa shape index (κ3) is 4.69. The highest BCUT2D eigenvalue weighted by molar-refractivity contribution is 14.0. The van der Waals surface area contributed by atoms with Gasteiger partial charge in [0, 0.05) is 32.4 Å². The fourth-order valence-electron chi connectivity index (χ4n) is 2.50. The predicted molar refractivity (Wildman–Crippen MR) is 111 cm³/mol. The van der Waals surface area contributed by atoms with Gasteiger partial charge in [0.05, 0.1) is 20.8 Å². The molecule has 3 rings (SSSR count). The summed E-state index contributed by atoms with van der Waals surface area (Å²) in [5.41, 5.74) is 1.04. The summed E-state index contributed by atoms with van der Waals surface area (Å²) >= 11 is 0. The number of nitrogens with one attached hydrogen (secondary N) is 1. The van der Waals surface area contributed by atoms with Crippen molar-refractivity contribution in [2.24, 2.45) is 4.99 Å². The number of likely N-dealkylation sites (N-methyl/N-ethyl adjacent to an activating group) is 1. The van der Waals surface area contributed by atoms with Gasteiger partial charge in [0.25, 0.3) is 0 Å². The van der Waals surface area contributed by atoms with E-state index in [1.807, 2.05) is 37.4 Å². The van der Waals surface area contributed by atoms with Gasteiger partial charge in [-0.3, -0.25) is 4.99 Å². The summed E-state index contributed by atoms with van der Waals surface area (Å²) in [5, 5.41) is 3.31. The lowest BCUT2D eigenvalue weighted by atomic mass is 10.3. The average Bonchev–Trinajstić information content (AvgIpc) is 3.06. The summed E-state index contributed by atoms with van der Waals surface area (Å²) in [5.74, 6) is 3.08. The zero-order chi connectivity index (χ0) is 17.6. The molecule has 1 aromatic carbocycles. The molecule has 0 radical (unpaired) electrons. The van der Waals surface area contributed by atoms with E-state index < -0.39 is 0 Å². The van der Waals surface area contributed by atoms with Crippen LogP contribution in [0.5, 0.6) is 23.1 Å². The highest BCUT2D eigenvalue weighted by Gasteiger charge is 2.14. The lowest BCUT2D eigenvalue weighted by Crippen LogP contribution is -2.35. The van der Waals surface area contributed by atoms with Crippen molar-refractivity contribution in [3.05, 3.63) is 42.1 Å².